The molecule has 25 heavy (non-hydrogen) atoms. The summed E-state index contributed by atoms with van der Waals surface area (Å²) < 4.78 is 7.58. The lowest BCUT2D eigenvalue weighted by Gasteiger charge is -2.07. The minimum atomic E-state index is -0.411. The molecule has 0 aliphatic rings. The fraction of sp³-hybridized carbons (Fsp3) is 0.312. The molecule has 130 valence electrons. The van der Waals surface area contributed by atoms with Crippen molar-refractivity contribution in [2.24, 2.45) is 0 Å². The number of rotatable bonds is 6. The molecule has 0 fully saturated rings. The van der Waals surface area contributed by atoms with Crippen LogP contribution in [-0.4, -0.2) is 50.7 Å². The van der Waals surface area contributed by atoms with E-state index in [0.717, 1.165) is 11.3 Å². The third kappa shape index (κ3) is 3.56. The number of nitrogens with zero attached hydrogens (tertiary/aromatic N) is 5. The van der Waals surface area contributed by atoms with Gasteiger partial charge in [-0.1, -0.05) is 17.3 Å². The summed E-state index contributed by atoms with van der Waals surface area (Å²) in [6, 6.07) is 7.64. The highest BCUT2D eigenvalue weighted by Gasteiger charge is 2.14. The molecule has 0 spiro atoms. The predicted octanol–water partition coefficient (Wildman–Crippen LogP) is 0.0482. The van der Waals surface area contributed by atoms with E-state index in [9.17, 15) is 9.59 Å². The molecule has 2 heterocycles. The molecule has 0 saturated carbocycles. The maximum absolute atomic E-state index is 12.5. The van der Waals surface area contributed by atoms with Crippen molar-refractivity contribution < 1.29 is 9.53 Å². The average molecular weight is 342 g/mol. The van der Waals surface area contributed by atoms with E-state index in [0.29, 0.717) is 18.8 Å². The van der Waals surface area contributed by atoms with E-state index >= 15 is 0 Å². The van der Waals surface area contributed by atoms with Crippen LogP contribution in [0, 0.1) is 6.92 Å². The van der Waals surface area contributed by atoms with Crippen LogP contribution >= 0.6 is 0 Å². The van der Waals surface area contributed by atoms with Gasteiger partial charge in [-0.15, -0.1) is 5.10 Å². The van der Waals surface area contributed by atoms with Crippen molar-refractivity contribution in [2.75, 3.05) is 20.3 Å². The van der Waals surface area contributed by atoms with Crippen LogP contribution in [0.3, 0.4) is 0 Å². The zero-order chi connectivity index (χ0) is 17.8. The minimum Gasteiger partial charge on any atom is -0.383 e. The summed E-state index contributed by atoms with van der Waals surface area (Å²) in [6.07, 6.45) is 1.33. The summed E-state index contributed by atoms with van der Waals surface area (Å²) in [7, 11) is 1.55. The minimum absolute atomic E-state index is 0.119. The number of hydrogen-bond acceptors (Lipinski definition) is 6. The molecule has 2 aromatic heterocycles. The van der Waals surface area contributed by atoms with Crippen molar-refractivity contribution in [1.82, 2.24) is 29.9 Å². The summed E-state index contributed by atoms with van der Waals surface area (Å²) in [5.41, 5.74) is 1.89. The molecule has 1 amide bonds. The van der Waals surface area contributed by atoms with Gasteiger partial charge in [0.05, 0.1) is 12.3 Å². The van der Waals surface area contributed by atoms with Gasteiger partial charge in [0.15, 0.2) is 11.2 Å². The lowest BCUT2D eigenvalue weighted by Crippen LogP contribution is -2.34. The second-order valence-electron chi connectivity index (χ2n) is 5.53. The molecule has 3 aromatic rings. The van der Waals surface area contributed by atoms with E-state index in [1.807, 2.05) is 31.2 Å². The fourth-order valence-electron chi connectivity index (χ4n) is 2.39. The average Bonchev–Trinajstić information content (AvgIpc) is 3.02. The molecule has 0 aliphatic carbocycles. The zero-order valence-corrected chi connectivity index (χ0v) is 14.0. The first-order valence-corrected chi connectivity index (χ1v) is 7.73. The van der Waals surface area contributed by atoms with Crippen molar-refractivity contribution in [3.8, 4) is 5.69 Å². The van der Waals surface area contributed by atoms with Crippen molar-refractivity contribution >= 4 is 17.1 Å². The lowest BCUT2D eigenvalue weighted by atomic mass is 10.2. The topological polar surface area (TPSA) is 104 Å². The van der Waals surface area contributed by atoms with Crippen LogP contribution in [0.25, 0.3) is 16.9 Å². The van der Waals surface area contributed by atoms with E-state index in [1.54, 1.807) is 7.11 Å². The van der Waals surface area contributed by atoms with Crippen LogP contribution in [0.2, 0.25) is 0 Å². The van der Waals surface area contributed by atoms with Crippen molar-refractivity contribution in [1.29, 1.82) is 0 Å². The van der Waals surface area contributed by atoms with E-state index in [-0.39, 0.29) is 18.0 Å². The standard InChI is InChI=1S/C16H18N6O3/c1-11-4-3-5-12(8-11)22-15-14(19-20-22)16(24)21(10-18-15)9-13(23)17-6-7-25-2/h3-5,8,10H,6-7,9H2,1-2H3,(H,17,23). The molecule has 9 heteroatoms. The van der Waals surface area contributed by atoms with E-state index < -0.39 is 5.56 Å². The maximum Gasteiger partial charge on any atom is 0.284 e. The van der Waals surface area contributed by atoms with Gasteiger partial charge in [0.2, 0.25) is 5.91 Å². The van der Waals surface area contributed by atoms with Crippen LogP contribution in [0.1, 0.15) is 5.56 Å². The molecule has 0 saturated heterocycles. The summed E-state index contributed by atoms with van der Waals surface area (Å²) in [4.78, 5) is 28.6. The summed E-state index contributed by atoms with van der Waals surface area (Å²) in [5.74, 6) is -0.300. The summed E-state index contributed by atoms with van der Waals surface area (Å²) in [6.45, 7) is 2.61. The Labute approximate surface area is 143 Å². The quantitative estimate of drug-likeness (QED) is 0.635. The van der Waals surface area contributed by atoms with E-state index in [2.05, 4.69) is 20.6 Å². The van der Waals surface area contributed by atoms with Crippen LogP contribution in [0.15, 0.2) is 35.4 Å². The van der Waals surface area contributed by atoms with E-state index in [4.69, 9.17) is 4.74 Å². The van der Waals surface area contributed by atoms with Gasteiger partial charge in [-0.3, -0.25) is 14.2 Å². The number of carbonyl (C=O) groups is 1. The van der Waals surface area contributed by atoms with Gasteiger partial charge in [-0.25, -0.2) is 4.98 Å². The number of benzene rings is 1. The number of methoxy groups -OCH3 is 1. The Morgan fingerprint density at radius 2 is 2.20 bits per heavy atom. The monoisotopic (exact) mass is 342 g/mol. The molecule has 0 atom stereocenters. The zero-order valence-electron chi connectivity index (χ0n) is 14.0. The summed E-state index contributed by atoms with van der Waals surface area (Å²) >= 11 is 0. The number of aromatic nitrogens is 5. The van der Waals surface area contributed by atoms with Crippen LogP contribution in [0.5, 0.6) is 0 Å². The highest BCUT2D eigenvalue weighted by molar-refractivity contribution is 5.76. The molecule has 3 rings (SSSR count). The number of nitrogens with one attached hydrogen (secondary N) is 1. The van der Waals surface area contributed by atoms with Gasteiger partial charge in [-0.05, 0) is 24.6 Å². The molecular formula is C16H18N6O3. The molecule has 0 bridgehead atoms. The van der Waals surface area contributed by atoms with Gasteiger partial charge in [-0.2, -0.15) is 4.68 Å². The maximum atomic E-state index is 12.5. The molecular weight excluding hydrogens is 324 g/mol. The lowest BCUT2D eigenvalue weighted by molar-refractivity contribution is -0.121. The smallest absolute Gasteiger partial charge is 0.284 e. The van der Waals surface area contributed by atoms with Gasteiger partial charge in [0.25, 0.3) is 5.56 Å². The largest absolute Gasteiger partial charge is 0.383 e. The fourth-order valence-corrected chi connectivity index (χ4v) is 2.39. The second kappa shape index (κ2) is 7.22. The van der Waals surface area contributed by atoms with E-state index in [1.165, 1.54) is 15.6 Å². The Bertz CT molecular complexity index is 962. The molecule has 9 nitrogen and oxygen atoms in total. The van der Waals surface area contributed by atoms with Crippen molar-refractivity contribution in [3.05, 3.63) is 46.5 Å². The number of amides is 1. The summed E-state index contributed by atoms with van der Waals surface area (Å²) in [5, 5.41) is 10.6. The molecule has 0 unspecified atom stereocenters. The Balaban J connectivity index is 1.89. The van der Waals surface area contributed by atoms with Crippen LogP contribution in [-0.2, 0) is 16.1 Å². The number of hydrogen-bond donors (Lipinski definition) is 1. The second-order valence-corrected chi connectivity index (χ2v) is 5.53. The normalized spacial score (nSPS) is 11.0. The number of fused-ring (bicyclic) bond motifs is 1. The first-order valence-electron chi connectivity index (χ1n) is 7.73. The first kappa shape index (κ1) is 16.8. The third-order valence-electron chi connectivity index (χ3n) is 3.62. The van der Waals surface area contributed by atoms with Gasteiger partial charge < -0.3 is 10.1 Å². The first-order chi connectivity index (χ1) is 12.1. The highest BCUT2D eigenvalue weighted by atomic mass is 16.5. The Morgan fingerprint density at radius 1 is 1.36 bits per heavy atom. The molecule has 0 radical (unpaired) electrons. The van der Waals surface area contributed by atoms with Crippen LogP contribution in [0.4, 0.5) is 0 Å². The molecule has 1 aromatic carbocycles. The Kier molecular flexibility index (Phi) is 4.85. The van der Waals surface area contributed by atoms with Crippen molar-refractivity contribution in [3.63, 3.8) is 0 Å². The van der Waals surface area contributed by atoms with Gasteiger partial charge >= 0.3 is 0 Å². The Hall–Kier alpha value is -3.07. The van der Waals surface area contributed by atoms with Gasteiger partial charge in [0, 0.05) is 13.7 Å². The number of carbonyl (C=O) groups excluding carboxylic acids is 1. The highest BCUT2D eigenvalue weighted by Crippen LogP contribution is 2.13. The number of aryl methyl sites for hydroxylation is 1. The van der Waals surface area contributed by atoms with Gasteiger partial charge in [0.1, 0.15) is 12.9 Å². The molecule has 0 aliphatic heterocycles. The van der Waals surface area contributed by atoms with Crippen LogP contribution < -0.4 is 10.9 Å². The SMILES string of the molecule is COCCNC(=O)Cn1cnc2c(nnn2-c2cccc(C)c2)c1=O. The molecule has 1 N–H and O–H groups in total. The van der Waals surface area contributed by atoms with Crippen molar-refractivity contribution in [2.45, 2.75) is 13.5 Å². The third-order valence-corrected chi connectivity index (χ3v) is 3.62. The Morgan fingerprint density at radius 3 is 2.96 bits per heavy atom. The number of ether oxygens (including phenoxy) is 1. The predicted molar refractivity (Wildman–Crippen MR) is 90.5 cm³/mol.